The molecular formula is C13H10FN3OS2. The van der Waals surface area contributed by atoms with Crippen LogP contribution in [-0.4, -0.2) is 10.1 Å². The Hall–Kier alpha value is -1.86. The molecule has 2 heterocycles. The van der Waals surface area contributed by atoms with E-state index in [-0.39, 0.29) is 5.82 Å². The SMILES string of the molecule is Nc1cc(F)cc(SCc2noc(-c3ccsc3)n2)c1. The Morgan fingerprint density at radius 3 is 3.00 bits per heavy atom. The molecule has 0 radical (unpaired) electrons. The highest BCUT2D eigenvalue weighted by Crippen LogP contribution is 2.26. The molecule has 2 N–H and O–H groups in total. The van der Waals surface area contributed by atoms with Crippen LogP contribution in [0.1, 0.15) is 5.82 Å². The molecule has 0 spiro atoms. The molecule has 3 aromatic rings. The molecule has 0 fully saturated rings. The van der Waals surface area contributed by atoms with Crippen LogP contribution in [0, 0.1) is 5.82 Å². The van der Waals surface area contributed by atoms with Crippen LogP contribution in [0.2, 0.25) is 0 Å². The van der Waals surface area contributed by atoms with Crippen molar-refractivity contribution in [3.8, 4) is 11.5 Å². The Morgan fingerprint density at radius 2 is 2.25 bits per heavy atom. The highest BCUT2D eigenvalue weighted by molar-refractivity contribution is 7.98. The highest BCUT2D eigenvalue weighted by atomic mass is 32.2. The predicted molar refractivity (Wildman–Crippen MR) is 78.0 cm³/mol. The van der Waals surface area contributed by atoms with Gasteiger partial charge in [-0.15, -0.1) is 11.8 Å². The fraction of sp³-hybridized carbons (Fsp3) is 0.0769. The van der Waals surface area contributed by atoms with Gasteiger partial charge in [-0.25, -0.2) is 4.39 Å². The molecule has 0 saturated heterocycles. The summed E-state index contributed by atoms with van der Waals surface area (Å²) >= 11 is 2.98. The Bertz CT molecular complexity index is 692. The summed E-state index contributed by atoms with van der Waals surface area (Å²) in [4.78, 5) is 5.04. The fourth-order valence-corrected chi connectivity index (χ4v) is 3.09. The van der Waals surface area contributed by atoms with E-state index >= 15 is 0 Å². The minimum Gasteiger partial charge on any atom is -0.399 e. The summed E-state index contributed by atoms with van der Waals surface area (Å²) in [5, 5.41) is 7.79. The van der Waals surface area contributed by atoms with Crippen LogP contribution < -0.4 is 5.73 Å². The molecule has 0 bridgehead atoms. The van der Waals surface area contributed by atoms with E-state index in [0.29, 0.717) is 23.2 Å². The van der Waals surface area contributed by atoms with Gasteiger partial charge in [0.1, 0.15) is 5.82 Å². The molecule has 7 heteroatoms. The number of benzene rings is 1. The lowest BCUT2D eigenvalue weighted by atomic mass is 10.3. The third-order valence-corrected chi connectivity index (χ3v) is 4.15. The summed E-state index contributed by atoms with van der Waals surface area (Å²) in [6, 6.07) is 6.35. The molecule has 0 amide bonds. The maximum Gasteiger partial charge on any atom is 0.258 e. The number of nitrogens with two attached hydrogens (primary N) is 1. The molecule has 0 aliphatic rings. The van der Waals surface area contributed by atoms with Gasteiger partial charge in [-0.05, 0) is 29.6 Å². The van der Waals surface area contributed by atoms with Crippen molar-refractivity contribution in [2.45, 2.75) is 10.6 Å². The smallest absolute Gasteiger partial charge is 0.258 e. The van der Waals surface area contributed by atoms with Crippen molar-refractivity contribution in [1.29, 1.82) is 0 Å². The normalized spacial score (nSPS) is 10.8. The van der Waals surface area contributed by atoms with Gasteiger partial charge in [0.15, 0.2) is 5.82 Å². The van der Waals surface area contributed by atoms with Gasteiger partial charge < -0.3 is 10.3 Å². The van der Waals surface area contributed by atoms with Crippen LogP contribution in [0.25, 0.3) is 11.5 Å². The minimum absolute atomic E-state index is 0.348. The second-order valence-corrected chi connectivity index (χ2v) is 5.87. The Labute approximate surface area is 122 Å². The quantitative estimate of drug-likeness (QED) is 0.586. The van der Waals surface area contributed by atoms with E-state index in [1.54, 1.807) is 17.4 Å². The van der Waals surface area contributed by atoms with E-state index < -0.39 is 0 Å². The Morgan fingerprint density at radius 1 is 1.35 bits per heavy atom. The van der Waals surface area contributed by atoms with E-state index in [1.165, 1.54) is 23.9 Å². The molecule has 20 heavy (non-hydrogen) atoms. The van der Waals surface area contributed by atoms with E-state index in [4.69, 9.17) is 10.3 Å². The zero-order chi connectivity index (χ0) is 13.9. The number of hydrogen-bond acceptors (Lipinski definition) is 6. The summed E-state index contributed by atoms with van der Waals surface area (Å²) in [7, 11) is 0. The third-order valence-electron chi connectivity index (χ3n) is 2.50. The number of aromatic nitrogens is 2. The standard InChI is InChI=1S/C13H10FN3OS2/c14-9-3-10(15)5-11(4-9)20-7-12-16-13(18-17-12)8-1-2-19-6-8/h1-6H,7,15H2. The lowest BCUT2D eigenvalue weighted by Crippen LogP contribution is -1.88. The average Bonchev–Trinajstić information content (AvgIpc) is 3.06. The second-order valence-electron chi connectivity index (χ2n) is 4.04. The van der Waals surface area contributed by atoms with Crippen LogP contribution in [0.4, 0.5) is 10.1 Å². The first-order chi connectivity index (χ1) is 9.70. The maximum absolute atomic E-state index is 13.2. The molecule has 0 saturated carbocycles. The van der Waals surface area contributed by atoms with Gasteiger partial charge in [0.25, 0.3) is 5.89 Å². The molecular weight excluding hydrogens is 297 g/mol. The predicted octanol–water partition coefficient (Wildman–Crippen LogP) is 3.81. The van der Waals surface area contributed by atoms with Crippen LogP contribution >= 0.6 is 23.1 Å². The first-order valence-corrected chi connectivity index (χ1v) is 7.67. The van der Waals surface area contributed by atoms with Gasteiger partial charge in [-0.1, -0.05) is 5.16 Å². The monoisotopic (exact) mass is 307 g/mol. The van der Waals surface area contributed by atoms with Gasteiger partial charge in [-0.2, -0.15) is 16.3 Å². The summed E-state index contributed by atoms with van der Waals surface area (Å²) in [6.45, 7) is 0. The van der Waals surface area contributed by atoms with Crippen molar-refractivity contribution in [1.82, 2.24) is 10.1 Å². The lowest BCUT2D eigenvalue weighted by molar-refractivity contribution is 0.425. The van der Waals surface area contributed by atoms with E-state index in [2.05, 4.69) is 10.1 Å². The van der Waals surface area contributed by atoms with Crippen LogP contribution in [0.5, 0.6) is 0 Å². The maximum atomic E-state index is 13.2. The lowest BCUT2D eigenvalue weighted by Gasteiger charge is -2.00. The van der Waals surface area contributed by atoms with Crippen molar-refractivity contribution < 1.29 is 8.91 Å². The van der Waals surface area contributed by atoms with Gasteiger partial charge in [0, 0.05) is 16.0 Å². The van der Waals surface area contributed by atoms with Crippen molar-refractivity contribution >= 4 is 28.8 Å². The number of halogens is 1. The number of nitrogens with zero attached hydrogens (tertiary/aromatic N) is 2. The summed E-state index contributed by atoms with van der Waals surface area (Å²) < 4.78 is 18.4. The van der Waals surface area contributed by atoms with E-state index in [9.17, 15) is 4.39 Å². The minimum atomic E-state index is -0.348. The van der Waals surface area contributed by atoms with E-state index in [0.717, 1.165) is 10.5 Å². The number of thiophene rings is 1. The van der Waals surface area contributed by atoms with Crippen molar-refractivity contribution in [3.05, 3.63) is 46.7 Å². The topological polar surface area (TPSA) is 64.9 Å². The molecule has 0 unspecified atom stereocenters. The third kappa shape index (κ3) is 3.00. The van der Waals surface area contributed by atoms with Crippen LogP contribution in [0.15, 0.2) is 44.4 Å². The highest BCUT2D eigenvalue weighted by Gasteiger charge is 2.09. The molecule has 0 aliphatic heterocycles. The first-order valence-electron chi connectivity index (χ1n) is 5.75. The summed E-state index contributed by atoms with van der Waals surface area (Å²) in [6.07, 6.45) is 0. The molecule has 1 aromatic carbocycles. The van der Waals surface area contributed by atoms with Crippen LogP contribution in [-0.2, 0) is 5.75 Å². The largest absolute Gasteiger partial charge is 0.399 e. The molecule has 0 atom stereocenters. The van der Waals surface area contributed by atoms with Crippen molar-refractivity contribution in [2.75, 3.05) is 5.73 Å². The molecule has 4 nitrogen and oxygen atoms in total. The average molecular weight is 307 g/mol. The zero-order valence-electron chi connectivity index (χ0n) is 10.2. The van der Waals surface area contributed by atoms with Crippen molar-refractivity contribution in [2.24, 2.45) is 0 Å². The van der Waals surface area contributed by atoms with Gasteiger partial charge >= 0.3 is 0 Å². The molecule has 102 valence electrons. The van der Waals surface area contributed by atoms with Crippen molar-refractivity contribution in [3.63, 3.8) is 0 Å². The van der Waals surface area contributed by atoms with Gasteiger partial charge in [0.05, 0.1) is 11.3 Å². The summed E-state index contributed by atoms with van der Waals surface area (Å²) in [5.41, 5.74) is 6.91. The number of thioether (sulfide) groups is 1. The number of hydrogen-bond donors (Lipinski definition) is 1. The number of nitrogen functional groups attached to an aromatic ring is 1. The summed E-state index contributed by atoms with van der Waals surface area (Å²) in [5.74, 6) is 1.22. The Kier molecular flexibility index (Phi) is 3.70. The Balaban J connectivity index is 1.69. The molecule has 3 rings (SSSR count). The second kappa shape index (κ2) is 5.64. The fourth-order valence-electron chi connectivity index (χ4n) is 1.63. The van der Waals surface area contributed by atoms with Crippen LogP contribution in [0.3, 0.4) is 0 Å². The number of rotatable bonds is 4. The van der Waals surface area contributed by atoms with Gasteiger partial charge in [0.2, 0.25) is 0 Å². The number of anilines is 1. The van der Waals surface area contributed by atoms with E-state index in [1.807, 2.05) is 16.8 Å². The molecule has 0 aliphatic carbocycles. The first kappa shape index (κ1) is 13.1. The zero-order valence-corrected chi connectivity index (χ0v) is 11.9. The van der Waals surface area contributed by atoms with Gasteiger partial charge in [-0.3, -0.25) is 0 Å². The molecule has 2 aromatic heterocycles.